The molecule has 0 N–H and O–H groups in total. The summed E-state index contributed by atoms with van der Waals surface area (Å²) in [5, 5.41) is 0. The Hall–Kier alpha value is -1.44. The third-order valence-corrected chi connectivity index (χ3v) is 3.00. The Bertz CT molecular complexity index is 446. The summed E-state index contributed by atoms with van der Waals surface area (Å²) in [6, 6.07) is 4.57. The molecule has 0 aliphatic heterocycles. The van der Waals surface area contributed by atoms with E-state index >= 15 is 0 Å². The van der Waals surface area contributed by atoms with E-state index < -0.39 is 0 Å². The van der Waals surface area contributed by atoms with E-state index in [1.807, 2.05) is 6.08 Å². The van der Waals surface area contributed by atoms with Crippen LogP contribution in [0.4, 0.5) is 4.39 Å². The van der Waals surface area contributed by atoms with E-state index in [9.17, 15) is 9.18 Å². The maximum Gasteiger partial charge on any atom is 0.188 e. The summed E-state index contributed by atoms with van der Waals surface area (Å²) in [6.07, 6.45) is 6.11. The molecule has 1 nitrogen and oxygen atoms in total. The number of hydrogen-bond acceptors (Lipinski definition) is 1. The highest BCUT2D eigenvalue weighted by molar-refractivity contribution is 6.08. The minimum atomic E-state index is -0.255. The Morgan fingerprint density at radius 1 is 1.31 bits per heavy atom. The number of benzene rings is 1. The van der Waals surface area contributed by atoms with Crippen LogP contribution in [0.1, 0.15) is 41.6 Å². The van der Waals surface area contributed by atoms with E-state index in [1.165, 1.54) is 12.5 Å². The molecule has 0 saturated heterocycles. The van der Waals surface area contributed by atoms with Crippen LogP contribution in [0, 0.1) is 12.7 Å². The first-order chi connectivity index (χ1) is 7.68. The van der Waals surface area contributed by atoms with Crippen molar-refractivity contribution in [1.29, 1.82) is 0 Å². The minimum absolute atomic E-state index is 0.0581. The first-order valence-corrected chi connectivity index (χ1v) is 5.68. The van der Waals surface area contributed by atoms with Crippen LogP contribution in [-0.4, -0.2) is 5.78 Å². The maximum absolute atomic E-state index is 13.1. The zero-order valence-corrected chi connectivity index (χ0v) is 9.42. The minimum Gasteiger partial charge on any atom is -0.289 e. The van der Waals surface area contributed by atoms with E-state index in [1.54, 1.807) is 19.1 Å². The van der Waals surface area contributed by atoms with Crippen molar-refractivity contribution >= 4 is 5.78 Å². The van der Waals surface area contributed by atoms with Crippen molar-refractivity contribution in [2.24, 2.45) is 0 Å². The first-order valence-electron chi connectivity index (χ1n) is 5.68. The van der Waals surface area contributed by atoms with Crippen molar-refractivity contribution in [2.75, 3.05) is 0 Å². The van der Waals surface area contributed by atoms with Crippen molar-refractivity contribution in [2.45, 2.75) is 32.6 Å². The van der Waals surface area contributed by atoms with Crippen LogP contribution in [0.25, 0.3) is 0 Å². The van der Waals surface area contributed by atoms with Gasteiger partial charge in [0.2, 0.25) is 0 Å². The van der Waals surface area contributed by atoms with Crippen LogP contribution >= 0.6 is 0 Å². The number of aryl methyl sites for hydroxylation is 1. The third-order valence-electron chi connectivity index (χ3n) is 3.00. The van der Waals surface area contributed by atoms with Gasteiger partial charge in [-0.1, -0.05) is 6.08 Å². The predicted molar refractivity (Wildman–Crippen MR) is 62.0 cm³/mol. The first kappa shape index (κ1) is 11.1. The molecular formula is C14H15FO. The summed E-state index contributed by atoms with van der Waals surface area (Å²) in [6.45, 7) is 1.68. The van der Waals surface area contributed by atoms with Gasteiger partial charge >= 0.3 is 0 Å². The van der Waals surface area contributed by atoms with Crippen molar-refractivity contribution in [3.05, 3.63) is 46.8 Å². The summed E-state index contributed by atoms with van der Waals surface area (Å²) >= 11 is 0. The molecular weight excluding hydrogens is 203 g/mol. The van der Waals surface area contributed by atoms with Gasteiger partial charge in [-0.15, -0.1) is 0 Å². The topological polar surface area (TPSA) is 17.1 Å². The van der Waals surface area contributed by atoms with Gasteiger partial charge in [0.05, 0.1) is 0 Å². The Balaban J connectivity index is 2.26. The van der Waals surface area contributed by atoms with Gasteiger partial charge in [-0.05, 0) is 61.9 Å². The number of carbonyl (C=O) groups excluding carboxylic acids is 1. The smallest absolute Gasteiger partial charge is 0.188 e. The van der Waals surface area contributed by atoms with Crippen molar-refractivity contribution in [1.82, 2.24) is 0 Å². The van der Waals surface area contributed by atoms with Gasteiger partial charge in [0, 0.05) is 5.56 Å². The highest BCUT2D eigenvalue weighted by atomic mass is 19.1. The molecule has 0 bridgehead atoms. The van der Waals surface area contributed by atoms with Crippen molar-refractivity contribution < 1.29 is 9.18 Å². The lowest BCUT2D eigenvalue weighted by Gasteiger charge is -2.11. The monoisotopic (exact) mass is 218 g/mol. The summed E-state index contributed by atoms with van der Waals surface area (Å²) in [4.78, 5) is 12.1. The molecule has 84 valence electrons. The Morgan fingerprint density at radius 3 is 2.75 bits per heavy atom. The molecule has 0 spiro atoms. The normalized spacial score (nSPS) is 15.8. The van der Waals surface area contributed by atoms with E-state index in [0.29, 0.717) is 11.1 Å². The largest absolute Gasteiger partial charge is 0.289 e. The summed E-state index contributed by atoms with van der Waals surface area (Å²) in [7, 11) is 0. The van der Waals surface area contributed by atoms with Gasteiger partial charge in [0.15, 0.2) is 5.78 Å². The zero-order chi connectivity index (χ0) is 11.5. The highest BCUT2D eigenvalue weighted by Gasteiger charge is 2.14. The number of rotatable bonds is 2. The number of halogens is 1. The molecule has 0 radical (unpaired) electrons. The molecule has 2 rings (SSSR count). The van der Waals surface area contributed by atoms with Gasteiger partial charge in [0.1, 0.15) is 5.82 Å². The second kappa shape index (κ2) is 4.60. The number of allylic oxidation sites excluding steroid dienone is 2. The van der Waals surface area contributed by atoms with Crippen molar-refractivity contribution in [3.8, 4) is 0 Å². The number of hydrogen-bond donors (Lipinski definition) is 0. The van der Waals surface area contributed by atoms with E-state index in [2.05, 4.69) is 0 Å². The number of Topliss-reactive ketones (excluding diaryl/α,β-unsaturated/α-hetero) is 1. The van der Waals surface area contributed by atoms with Gasteiger partial charge in [-0.25, -0.2) is 4.39 Å². The van der Waals surface area contributed by atoms with Gasteiger partial charge in [0.25, 0.3) is 0 Å². The predicted octanol–water partition coefficient (Wildman–Crippen LogP) is 3.82. The third kappa shape index (κ3) is 2.21. The Morgan fingerprint density at radius 2 is 2.12 bits per heavy atom. The van der Waals surface area contributed by atoms with E-state index in [-0.39, 0.29) is 11.6 Å². The molecule has 0 saturated carbocycles. The zero-order valence-electron chi connectivity index (χ0n) is 9.42. The molecule has 1 aromatic carbocycles. The molecule has 0 fully saturated rings. The average molecular weight is 218 g/mol. The molecule has 1 aromatic rings. The Kier molecular flexibility index (Phi) is 3.18. The second-order valence-corrected chi connectivity index (χ2v) is 4.27. The molecule has 0 unspecified atom stereocenters. The van der Waals surface area contributed by atoms with Crippen LogP contribution in [0.15, 0.2) is 29.8 Å². The average Bonchev–Trinajstić information content (AvgIpc) is 2.33. The fourth-order valence-electron chi connectivity index (χ4n) is 2.02. The molecule has 16 heavy (non-hydrogen) atoms. The molecule has 0 aromatic heterocycles. The number of ketones is 1. The highest BCUT2D eigenvalue weighted by Crippen LogP contribution is 2.22. The summed E-state index contributed by atoms with van der Waals surface area (Å²) in [5.41, 5.74) is 2.02. The number of carbonyl (C=O) groups is 1. The van der Waals surface area contributed by atoms with Gasteiger partial charge in [-0.2, -0.15) is 0 Å². The maximum atomic E-state index is 13.1. The van der Waals surface area contributed by atoms with Crippen LogP contribution in [0.2, 0.25) is 0 Å². The van der Waals surface area contributed by atoms with Crippen LogP contribution < -0.4 is 0 Å². The molecule has 2 heteroatoms. The van der Waals surface area contributed by atoms with Crippen LogP contribution in [-0.2, 0) is 0 Å². The lowest BCUT2D eigenvalue weighted by Crippen LogP contribution is -2.07. The second-order valence-electron chi connectivity index (χ2n) is 4.27. The lowest BCUT2D eigenvalue weighted by molar-refractivity contribution is 0.102. The molecule has 0 heterocycles. The molecule has 0 amide bonds. The molecule has 0 atom stereocenters. The van der Waals surface area contributed by atoms with E-state index in [4.69, 9.17) is 0 Å². The van der Waals surface area contributed by atoms with E-state index in [0.717, 1.165) is 24.8 Å². The summed E-state index contributed by atoms with van der Waals surface area (Å²) in [5.74, 6) is -0.197. The van der Waals surface area contributed by atoms with Crippen LogP contribution in [0.5, 0.6) is 0 Å². The van der Waals surface area contributed by atoms with Gasteiger partial charge < -0.3 is 0 Å². The standard InChI is InChI=1S/C14H15FO/c1-10-9-12(7-8-13(10)15)14(16)11-5-3-2-4-6-11/h5,7-9H,2-4,6H2,1H3. The van der Waals surface area contributed by atoms with Gasteiger partial charge in [-0.3, -0.25) is 4.79 Å². The SMILES string of the molecule is Cc1cc(C(=O)C2=CCCCC2)ccc1F. The van der Waals surface area contributed by atoms with Crippen molar-refractivity contribution in [3.63, 3.8) is 0 Å². The molecule has 1 aliphatic carbocycles. The fourth-order valence-corrected chi connectivity index (χ4v) is 2.02. The Labute approximate surface area is 95.0 Å². The molecule has 1 aliphatic rings. The quantitative estimate of drug-likeness (QED) is 0.690. The lowest BCUT2D eigenvalue weighted by atomic mass is 9.92. The van der Waals surface area contributed by atoms with Crippen LogP contribution in [0.3, 0.4) is 0 Å². The summed E-state index contributed by atoms with van der Waals surface area (Å²) < 4.78 is 13.1. The fraction of sp³-hybridized carbons (Fsp3) is 0.357.